The van der Waals surface area contributed by atoms with Gasteiger partial charge in [-0.25, -0.2) is 4.98 Å². The molecule has 24 heavy (non-hydrogen) atoms. The van der Waals surface area contributed by atoms with Crippen LogP contribution in [0.3, 0.4) is 0 Å². The van der Waals surface area contributed by atoms with Crippen molar-refractivity contribution in [3.8, 4) is 0 Å². The number of hydrogen-bond acceptors (Lipinski definition) is 3. The number of rotatable bonds is 7. The maximum absolute atomic E-state index is 11.7. The number of benzene rings is 1. The summed E-state index contributed by atoms with van der Waals surface area (Å²) in [6.45, 7) is 6.82. The summed E-state index contributed by atoms with van der Waals surface area (Å²) in [5.74, 6) is 1.08. The molecule has 7 heteroatoms. The van der Waals surface area contributed by atoms with Crippen molar-refractivity contribution in [3.05, 3.63) is 30.1 Å². The van der Waals surface area contributed by atoms with Crippen LogP contribution in [0.2, 0.25) is 0 Å². The number of fused-ring (bicyclic) bond motifs is 1. The molecule has 0 radical (unpaired) electrons. The van der Waals surface area contributed by atoms with Gasteiger partial charge in [0.15, 0.2) is 0 Å². The maximum atomic E-state index is 11.7. The summed E-state index contributed by atoms with van der Waals surface area (Å²) in [6.07, 6.45) is 1.94. The average Bonchev–Trinajstić information content (AvgIpc) is 2.83. The van der Waals surface area contributed by atoms with Crippen molar-refractivity contribution < 1.29 is 4.79 Å². The lowest BCUT2D eigenvalue weighted by Crippen LogP contribution is -2.28. The molecule has 0 bridgehead atoms. The van der Waals surface area contributed by atoms with Crippen molar-refractivity contribution in [1.29, 1.82) is 0 Å². The Kier molecular flexibility index (Phi) is 9.97. The van der Waals surface area contributed by atoms with Crippen LogP contribution in [-0.4, -0.2) is 28.0 Å². The molecular weight excluding hydrogens is 347 g/mol. The van der Waals surface area contributed by atoms with E-state index in [1.165, 1.54) is 0 Å². The lowest BCUT2D eigenvalue weighted by atomic mass is 10.2. The van der Waals surface area contributed by atoms with Gasteiger partial charge in [-0.1, -0.05) is 12.1 Å². The Labute approximate surface area is 156 Å². The molecule has 1 aromatic carbocycles. The standard InChI is InChI=1S/C17H26N4O.2ClH/c1-12(2)21-15-7-5-4-6-14(15)20-16(21)10-11-19-17(22)9-8-13(3)18;;/h4-7,12-13H,8-11,18H2,1-3H3,(H,19,22);2*1H. The number of amides is 1. The minimum absolute atomic E-state index is 0. The molecule has 1 unspecified atom stereocenters. The van der Waals surface area contributed by atoms with Crippen LogP contribution in [0.5, 0.6) is 0 Å². The van der Waals surface area contributed by atoms with Crippen LogP contribution in [0.1, 0.15) is 45.5 Å². The highest BCUT2D eigenvalue weighted by molar-refractivity contribution is 5.85. The molecule has 2 rings (SSSR count). The summed E-state index contributed by atoms with van der Waals surface area (Å²) in [4.78, 5) is 16.4. The van der Waals surface area contributed by atoms with E-state index in [-0.39, 0.29) is 36.8 Å². The van der Waals surface area contributed by atoms with Crippen LogP contribution < -0.4 is 11.1 Å². The van der Waals surface area contributed by atoms with Gasteiger partial charge in [-0.2, -0.15) is 0 Å². The van der Waals surface area contributed by atoms with Gasteiger partial charge in [0.25, 0.3) is 0 Å². The molecule has 0 saturated carbocycles. The van der Waals surface area contributed by atoms with Crippen LogP contribution in [0, 0.1) is 0 Å². The largest absolute Gasteiger partial charge is 0.356 e. The second-order valence-electron chi connectivity index (χ2n) is 6.10. The molecule has 0 fully saturated rings. The Balaban J connectivity index is 0.00000264. The molecule has 136 valence electrons. The summed E-state index contributed by atoms with van der Waals surface area (Å²) in [7, 11) is 0. The molecule has 3 N–H and O–H groups in total. The number of carbonyl (C=O) groups excluding carboxylic acids is 1. The third-order valence-electron chi connectivity index (χ3n) is 3.68. The predicted molar refractivity (Wildman–Crippen MR) is 104 cm³/mol. The van der Waals surface area contributed by atoms with Gasteiger partial charge in [0.2, 0.25) is 5.91 Å². The van der Waals surface area contributed by atoms with E-state index in [1.54, 1.807) is 0 Å². The zero-order valence-electron chi connectivity index (χ0n) is 14.5. The van der Waals surface area contributed by atoms with Gasteiger partial charge in [0.05, 0.1) is 11.0 Å². The Morgan fingerprint density at radius 3 is 2.54 bits per heavy atom. The van der Waals surface area contributed by atoms with Gasteiger partial charge in [-0.3, -0.25) is 4.79 Å². The van der Waals surface area contributed by atoms with E-state index >= 15 is 0 Å². The molecule has 0 saturated heterocycles. The normalized spacial score (nSPS) is 11.7. The predicted octanol–water partition coefficient (Wildman–Crippen LogP) is 3.25. The first-order valence-electron chi connectivity index (χ1n) is 7.97. The number of para-hydroxylation sites is 2. The zero-order valence-corrected chi connectivity index (χ0v) is 16.1. The van der Waals surface area contributed by atoms with Gasteiger partial charge < -0.3 is 15.6 Å². The molecule has 1 amide bonds. The van der Waals surface area contributed by atoms with E-state index in [1.807, 2.05) is 25.1 Å². The molecule has 1 heterocycles. The molecule has 0 aliphatic heterocycles. The first-order chi connectivity index (χ1) is 10.5. The number of imidazole rings is 1. The van der Waals surface area contributed by atoms with Crippen LogP contribution in [0.15, 0.2) is 24.3 Å². The van der Waals surface area contributed by atoms with Crippen molar-refractivity contribution in [3.63, 3.8) is 0 Å². The third-order valence-corrected chi connectivity index (χ3v) is 3.68. The summed E-state index contributed by atoms with van der Waals surface area (Å²) < 4.78 is 2.24. The highest BCUT2D eigenvalue weighted by atomic mass is 35.5. The molecular formula is C17H28Cl2N4O. The first-order valence-corrected chi connectivity index (χ1v) is 7.97. The summed E-state index contributed by atoms with van der Waals surface area (Å²) in [6, 6.07) is 8.56. The smallest absolute Gasteiger partial charge is 0.220 e. The minimum Gasteiger partial charge on any atom is -0.356 e. The number of nitrogens with two attached hydrogens (primary N) is 1. The molecule has 0 aliphatic rings. The van der Waals surface area contributed by atoms with E-state index in [9.17, 15) is 4.79 Å². The minimum atomic E-state index is 0. The van der Waals surface area contributed by atoms with E-state index in [2.05, 4.69) is 29.8 Å². The monoisotopic (exact) mass is 374 g/mol. The Morgan fingerprint density at radius 1 is 1.25 bits per heavy atom. The zero-order chi connectivity index (χ0) is 16.1. The van der Waals surface area contributed by atoms with Gasteiger partial charge >= 0.3 is 0 Å². The highest BCUT2D eigenvalue weighted by Crippen LogP contribution is 2.20. The Bertz CT molecular complexity index is 641. The quantitative estimate of drug-likeness (QED) is 0.780. The van der Waals surface area contributed by atoms with Crippen LogP contribution in [-0.2, 0) is 11.2 Å². The lowest BCUT2D eigenvalue weighted by molar-refractivity contribution is -0.121. The average molecular weight is 375 g/mol. The van der Waals surface area contributed by atoms with Crippen molar-refractivity contribution in [2.75, 3.05) is 6.54 Å². The summed E-state index contributed by atoms with van der Waals surface area (Å²) in [5, 5.41) is 2.95. The summed E-state index contributed by atoms with van der Waals surface area (Å²) >= 11 is 0. The lowest BCUT2D eigenvalue weighted by Gasteiger charge is -2.13. The Morgan fingerprint density at radius 2 is 1.92 bits per heavy atom. The molecule has 2 aromatic rings. The number of halogens is 2. The fourth-order valence-electron chi connectivity index (χ4n) is 2.61. The summed E-state index contributed by atoms with van der Waals surface area (Å²) in [5.41, 5.74) is 7.82. The molecule has 1 aromatic heterocycles. The van der Waals surface area contributed by atoms with Crippen molar-refractivity contribution in [2.24, 2.45) is 5.73 Å². The number of hydrogen-bond donors (Lipinski definition) is 2. The van der Waals surface area contributed by atoms with Gasteiger partial charge in [-0.05, 0) is 39.3 Å². The van der Waals surface area contributed by atoms with Gasteiger partial charge in [0, 0.05) is 31.5 Å². The topological polar surface area (TPSA) is 72.9 Å². The van der Waals surface area contributed by atoms with Crippen molar-refractivity contribution in [2.45, 2.75) is 52.1 Å². The third kappa shape index (κ3) is 5.96. The highest BCUT2D eigenvalue weighted by Gasteiger charge is 2.13. The van der Waals surface area contributed by atoms with Gasteiger partial charge in [0.1, 0.15) is 5.82 Å². The molecule has 1 atom stereocenters. The SMILES string of the molecule is CC(N)CCC(=O)NCCc1nc2ccccc2n1C(C)C.Cl.Cl. The Hall–Kier alpha value is -1.30. The second kappa shape index (κ2) is 10.5. The van der Waals surface area contributed by atoms with E-state index in [0.29, 0.717) is 19.0 Å². The van der Waals surface area contributed by atoms with Crippen LogP contribution in [0.4, 0.5) is 0 Å². The van der Waals surface area contributed by atoms with E-state index in [0.717, 1.165) is 29.7 Å². The van der Waals surface area contributed by atoms with Crippen LogP contribution >= 0.6 is 24.8 Å². The maximum Gasteiger partial charge on any atom is 0.220 e. The molecule has 0 aliphatic carbocycles. The number of carbonyl (C=O) groups is 1. The van der Waals surface area contributed by atoms with Gasteiger partial charge in [-0.15, -0.1) is 24.8 Å². The number of nitrogens with zero attached hydrogens (tertiary/aromatic N) is 2. The molecule has 5 nitrogen and oxygen atoms in total. The van der Waals surface area contributed by atoms with Crippen LogP contribution in [0.25, 0.3) is 11.0 Å². The van der Waals surface area contributed by atoms with E-state index < -0.39 is 0 Å². The molecule has 0 spiro atoms. The van der Waals surface area contributed by atoms with E-state index in [4.69, 9.17) is 10.7 Å². The first kappa shape index (κ1) is 22.7. The second-order valence-corrected chi connectivity index (χ2v) is 6.10. The number of aromatic nitrogens is 2. The number of nitrogens with one attached hydrogen (secondary N) is 1. The fourth-order valence-corrected chi connectivity index (χ4v) is 2.61. The fraction of sp³-hybridized carbons (Fsp3) is 0.529. The van der Waals surface area contributed by atoms with Crippen molar-refractivity contribution in [1.82, 2.24) is 14.9 Å². The van der Waals surface area contributed by atoms with Crippen molar-refractivity contribution >= 4 is 41.8 Å².